The van der Waals surface area contributed by atoms with E-state index in [0.717, 1.165) is 59.9 Å². The average molecular weight is 577 g/mol. The van der Waals surface area contributed by atoms with Crippen LogP contribution in [0.4, 0.5) is 0 Å². The van der Waals surface area contributed by atoms with E-state index in [4.69, 9.17) is 14.2 Å². The number of benzene rings is 3. The predicted molar refractivity (Wildman–Crippen MR) is 162 cm³/mol. The van der Waals surface area contributed by atoms with E-state index in [2.05, 4.69) is 46.6 Å². The van der Waals surface area contributed by atoms with Gasteiger partial charge in [-0.3, -0.25) is 9.69 Å². The van der Waals surface area contributed by atoms with Gasteiger partial charge < -0.3 is 24.6 Å². The van der Waals surface area contributed by atoms with Crippen LogP contribution in [0.1, 0.15) is 46.3 Å². The molecule has 3 heterocycles. The number of aliphatic hydroxyl groups excluding tert-OH is 1. The van der Waals surface area contributed by atoms with Crippen LogP contribution < -0.4 is 19.5 Å². The molecule has 7 nitrogen and oxygen atoms in total. The van der Waals surface area contributed by atoms with Crippen LogP contribution in [0.25, 0.3) is 11.1 Å². The molecule has 1 spiro atoms. The summed E-state index contributed by atoms with van der Waals surface area (Å²) in [5.41, 5.74) is 6.17. The van der Waals surface area contributed by atoms with Crippen molar-refractivity contribution in [3.63, 3.8) is 0 Å². The summed E-state index contributed by atoms with van der Waals surface area (Å²) in [5, 5.41) is 14.3. The van der Waals surface area contributed by atoms with E-state index < -0.39 is 6.10 Å². The minimum absolute atomic E-state index is 0.114. The van der Waals surface area contributed by atoms with Gasteiger partial charge in [-0.05, 0) is 85.0 Å². The van der Waals surface area contributed by atoms with Gasteiger partial charge in [0.05, 0.1) is 5.56 Å². The van der Waals surface area contributed by atoms with Gasteiger partial charge in [0.25, 0.3) is 5.91 Å². The maximum absolute atomic E-state index is 13.6. The molecular formula is C36H36N2O5. The molecular weight excluding hydrogens is 540 g/mol. The molecule has 220 valence electrons. The number of piperidine rings is 1. The van der Waals surface area contributed by atoms with Gasteiger partial charge >= 0.3 is 0 Å². The summed E-state index contributed by atoms with van der Waals surface area (Å²) < 4.78 is 17.6. The van der Waals surface area contributed by atoms with Crippen molar-refractivity contribution in [1.82, 2.24) is 10.2 Å². The van der Waals surface area contributed by atoms with Crippen LogP contribution in [0.2, 0.25) is 0 Å². The van der Waals surface area contributed by atoms with E-state index in [1.165, 1.54) is 30.5 Å². The van der Waals surface area contributed by atoms with E-state index in [-0.39, 0.29) is 24.2 Å². The Bertz CT molecular complexity index is 1650. The molecule has 2 unspecified atom stereocenters. The SMILES string of the molecule is O=C(NCCc1ccc(-c2ccc3c(c2)OCO3)cc1)c1ccc2c3c1O[C@H]1[C@@H](O)C=C[C@H]4C(C2)N(CC2CC2)CCC341. The molecule has 3 aliphatic carbocycles. The Kier molecular flexibility index (Phi) is 5.73. The highest BCUT2D eigenvalue weighted by atomic mass is 16.7. The maximum atomic E-state index is 13.6. The van der Waals surface area contributed by atoms with Gasteiger partial charge in [0, 0.05) is 36.0 Å². The van der Waals surface area contributed by atoms with E-state index in [1.54, 1.807) is 0 Å². The first-order chi connectivity index (χ1) is 21.1. The fourth-order valence-corrected chi connectivity index (χ4v) is 8.54. The van der Waals surface area contributed by atoms with Crippen molar-refractivity contribution in [3.05, 3.63) is 89.0 Å². The summed E-state index contributed by atoms with van der Waals surface area (Å²) in [6.45, 7) is 3.01. The molecule has 5 atom stereocenters. The third-order valence-corrected chi connectivity index (χ3v) is 10.8. The van der Waals surface area contributed by atoms with Crippen molar-refractivity contribution in [2.75, 3.05) is 26.4 Å². The second kappa shape index (κ2) is 9.60. The Labute approximate surface area is 251 Å². The molecule has 1 amide bonds. The van der Waals surface area contributed by atoms with Gasteiger partial charge in [-0.15, -0.1) is 0 Å². The Balaban J connectivity index is 0.924. The average Bonchev–Trinajstić information content (AvgIpc) is 3.59. The van der Waals surface area contributed by atoms with E-state index in [0.29, 0.717) is 29.8 Å². The Morgan fingerprint density at radius 1 is 1.00 bits per heavy atom. The number of hydrogen-bond donors (Lipinski definition) is 2. The predicted octanol–water partition coefficient (Wildman–Crippen LogP) is 4.64. The summed E-state index contributed by atoms with van der Waals surface area (Å²) in [5.74, 6) is 3.30. The Morgan fingerprint density at radius 2 is 1.84 bits per heavy atom. The van der Waals surface area contributed by atoms with Crippen molar-refractivity contribution in [1.29, 1.82) is 0 Å². The normalized spacial score (nSPS) is 29.2. The molecule has 6 aliphatic rings. The Hall–Kier alpha value is -3.81. The fourth-order valence-electron chi connectivity index (χ4n) is 8.54. The lowest BCUT2D eigenvalue weighted by molar-refractivity contribution is -0.0524. The van der Waals surface area contributed by atoms with Crippen LogP contribution in [0.3, 0.4) is 0 Å². The number of aliphatic hydroxyl groups is 1. The highest BCUT2D eigenvalue weighted by Gasteiger charge is 2.64. The first-order valence-electron chi connectivity index (χ1n) is 15.8. The van der Waals surface area contributed by atoms with Crippen LogP contribution in [0.15, 0.2) is 66.7 Å². The lowest BCUT2D eigenvalue weighted by atomic mass is 9.53. The summed E-state index contributed by atoms with van der Waals surface area (Å²) in [7, 11) is 0. The van der Waals surface area contributed by atoms with Crippen LogP contribution in [-0.2, 0) is 18.3 Å². The molecule has 2 N–H and O–H groups in total. The van der Waals surface area contributed by atoms with E-state index >= 15 is 0 Å². The summed E-state index contributed by atoms with van der Waals surface area (Å²) in [6, 6.07) is 18.9. The molecule has 1 saturated carbocycles. The van der Waals surface area contributed by atoms with Crippen LogP contribution in [0.5, 0.6) is 17.2 Å². The molecule has 0 aromatic heterocycles. The number of rotatable bonds is 7. The zero-order valence-corrected chi connectivity index (χ0v) is 24.1. The molecule has 1 saturated heterocycles. The van der Waals surface area contributed by atoms with Crippen molar-refractivity contribution in [3.8, 4) is 28.4 Å². The molecule has 3 aromatic carbocycles. The highest BCUT2D eigenvalue weighted by molar-refractivity contribution is 5.98. The number of hydrogen-bond acceptors (Lipinski definition) is 6. The van der Waals surface area contributed by atoms with E-state index in [9.17, 15) is 9.90 Å². The lowest BCUT2D eigenvalue weighted by Crippen LogP contribution is -2.65. The van der Waals surface area contributed by atoms with Gasteiger partial charge in [0.1, 0.15) is 18.0 Å². The smallest absolute Gasteiger partial charge is 0.255 e. The van der Waals surface area contributed by atoms with Crippen LogP contribution in [0, 0.1) is 11.8 Å². The van der Waals surface area contributed by atoms with Gasteiger partial charge in [-0.2, -0.15) is 0 Å². The number of fused-ring (bicyclic) bond motifs is 1. The first-order valence-corrected chi connectivity index (χ1v) is 15.8. The maximum Gasteiger partial charge on any atom is 0.255 e. The van der Waals surface area contributed by atoms with Gasteiger partial charge in [0.15, 0.2) is 11.5 Å². The molecule has 2 fully saturated rings. The largest absolute Gasteiger partial charge is 0.485 e. The van der Waals surface area contributed by atoms with Gasteiger partial charge in [0.2, 0.25) is 6.79 Å². The van der Waals surface area contributed by atoms with Crippen molar-refractivity contribution >= 4 is 5.91 Å². The van der Waals surface area contributed by atoms with Crippen LogP contribution >= 0.6 is 0 Å². The molecule has 2 bridgehead atoms. The second-order valence-corrected chi connectivity index (χ2v) is 13.2. The minimum Gasteiger partial charge on any atom is -0.485 e. The zero-order valence-electron chi connectivity index (χ0n) is 24.1. The van der Waals surface area contributed by atoms with Crippen molar-refractivity contribution < 1.29 is 24.1 Å². The fraction of sp³-hybridized carbons (Fsp3) is 0.417. The number of ether oxygens (including phenoxy) is 3. The molecule has 0 radical (unpaired) electrons. The van der Waals surface area contributed by atoms with E-state index in [1.807, 2.05) is 30.3 Å². The number of carbonyl (C=O) groups excluding carboxylic acids is 1. The Morgan fingerprint density at radius 3 is 2.70 bits per heavy atom. The van der Waals surface area contributed by atoms with Crippen LogP contribution in [-0.4, -0.2) is 60.6 Å². The third kappa shape index (κ3) is 3.97. The number of carbonyl (C=O) groups is 1. The summed E-state index contributed by atoms with van der Waals surface area (Å²) in [6.07, 6.45) is 8.57. The quantitative estimate of drug-likeness (QED) is 0.399. The molecule has 3 aromatic rings. The third-order valence-electron chi connectivity index (χ3n) is 10.8. The molecule has 43 heavy (non-hydrogen) atoms. The first kappa shape index (κ1) is 25.7. The van der Waals surface area contributed by atoms with Crippen molar-refractivity contribution in [2.45, 2.75) is 55.8 Å². The number of amides is 1. The number of likely N-dealkylation sites (tertiary alicyclic amines) is 1. The van der Waals surface area contributed by atoms with Gasteiger partial charge in [-0.25, -0.2) is 0 Å². The van der Waals surface area contributed by atoms with Crippen molar-refractivity contribution in [2.24, 2.45) is 11.8 Å². The lowest BCUT2D eigenvalue weighted by Gasteiger charge is -2.57. The standard InChI is InChI=1S/C36H36N2O5/c39-29-11-10-27-28-17-25-7-9-26(33-32(25)36(27,34(29)43-33)14-16-38(28)19-22-1-2-22)35(40)37-15-13-21-3-5-23(6-4-21)24-8-12-30-31(18-24)42-20-41-30/h3-12,18,22,27-29,34,39H,1-2,13-17,19-20H2,(H,37,40)/t27-,28?,29-,34-,36?/m0/s1. The molecule has 7 heteroatoms. The molecule has 3 aliphatic heterocycles. The number of nitrogens with one attached hydrogen (secondary N) is 1. The monoisotopic (exact) mass is 576 g/mol. The highest BCUT2D eigenvalue weighted by Crippen LogP contribution is 2.61. The number of nitrogens with zero attached hydrogens (tertiary/aromatic N) is 1. The minimum atomic E-state index is -0.665. The van der Waals surface area contributed by atoms with Gasteiger partial charge in [-0.1, -0.05) is 48.6 Å². The molecule has 9 rings (SSSR count). The topological polar surface area (TPSA) is 80.3 Å². The zero-order chi connectivity index (χ0) is 28.7. The summed E-state index contributed by atoms with van der Waals surface area (Å²) >= 11 is 0. The summed E-state index contributed by atoms with van der Waals surface area (Å²) in [4.78, 5) is 16.3. The second-order valence-electron chi connectivity index (χ2n) is 13.2.